The van der Waals surface area contributed by atoms with Gasteiger partial charge in [-0.1, -0.05) is 20.8 Å². The molecule has 6 heteroatoms. The maximum Gasteiger partial charge on any atom is 0.276 e. The summed E-state index contributed by atoms with van der Waals surface area (Å²) in [5, 5.41) is 13.6. The smallest absolute Gasteiger partial charge is 0.276 e. The van der Waals surface area contributed by atoms with Crippen LogP contribution in [0.3, 0.4) is 0 Å². The van der Waals surface area contributed by atoms with Crippen molar-refractivity contribution < 1.29 is 4.92 Å². The van der Waals surface area contributed by atoms with Crippen molar-refractivity contribution >= 4 is 17.3 Å². The molecular weight excluding hydrogens is 208 g/mol. The Morgan fingerprint density at radius 1 is 1.50 bits per heavy atom. The Kier molecular flexibility index (Phi) is 3.31. The molecule has 1 aromatic heterocycles. The Balaban J connectivity index is 2.85. The fourth-order valence-electron chi connectivity index (χ4n) is 1.09. The van der Waals surface area contributed by atoms with Crippen LogP contribution in [0, 0.1) is 15.5 Å². The van der Waals surface area contributed by atoms with E-state index in [4.69, 9.17) is 5.73 Å². The molecule has 0 aliphatic carbocycles. The lowest BCUT2D eigenvalue weighted by Crippen LogP contribution is -2.19. The van der Waals surface area contributed by atoms with Crippen molar-refractivity contribution in [1.82, 2.24) is 4.98 Å². The number of hydrogen-bond acceptors (Lipinski definition) is 5. The molecule has 0 saturated heterocycles. The summed E-state index contributed by atoms with van der Waals surface area (Å²) >= 11 is 0. The van der Waals surface area contributed by atoms with E-state index >= 15 is 0 Å². The maximum atomic E-state index is 10.6. The van der Waals surface area contributed by atoms with Crippen LogP contribution in [0.25, 0.3) is 0 Å². The number of nitrogens with zero attached hydrogens (tertiary/aromatic N) is 2. The van der Waals surface area contributed by atoms with Gasteiger partial charge in [0.2, 0.25) is 0 Å². The number of anilines is 2. The molecule has 0 radical (unpaired) electrons. The van der Waals surface area contributed by atoms with Crippen LogP contribution >= 0.6 is 0 Å². The van der Waals surface area contributed by atoms with Gasteiger partial charge in [0, 0.05) is 6.54 Å². The van der Waals surface area contributed by atoms with Crippen molar-refractivity contribution in [2.24, 2.45) is 5.41 Å². The molecule has 1 aromatic rings. The number of nitrogens with two attached hydrogens (primary N) is 1. The third-order valence-corrected chi connectivity index (χ3v) is 1.84. The van der Waals surface area contributed by atoms with Gasteiger partial charge in [0.1, 0.15) is 11.6 Å². The van der Waals surface area contributed by atoms with Gasteiger partial charge in [0.05, 0.1) is 17.1 Å². The summed E-state index contributed by atoms with van der Waals surface area (Å²) in [6, 6.07) is 2.62. The number of rotatable bonds is 3. The van der Waals surface area contributed by atoms with Crippen molar-refractivity contribution in [3.8, 4) is 0 Å². The molecule has 0 spiro atoms. The average molecular weight is 224 g/mol. The molecule has 3 N–H and O–H groups in total. The second kappa shape index (κ2) is 4.34. The highest BCUT2D eigenvalue weighted by Gasteiger charge is 2.13. The first-order chi connectivity index (χ1) is 7.28. The van der Waals surface area contributed by atoms with Crippen LogP contribution in [0.2, 0.25) is 0 Å². The average Bonchev–Trinajstić information content (AvgIpc) is 2.13. The fourth-order valence-corrected chi connectivity index (χ4v) is 1.09. The Morgan fingerprint density at radius 2 is 2.12 bits per heavy atom. The molecule has 0 unspecified atom stereocenters. The van der Waals surface area contributed by atoms with Crippen molar-refractivity contribution in [3.63, 3.8) is 0 Å². The minimum Gasteiger partial charge on any atom is -0.383 e. The minimum atomic E-state index is -0.486. The SMILES string of the molecule is CC(C)(C)CNc1cc([N+](=O)[O-])cc(N)n1. The topological polar surface area (TPSA) is 94.1 Å². The molecule has 0 bridgehead atoms. The summed E-state index contributed by atoms with van der Waals surface area (Å²) in [7, 11) is 0. The number of nitrogens with one attached hydrogen (secondary N) is 1. The van der Waals surface area contributed by atoms with Crippen molar-refractivity contribution in [1.29, 1.82) is 0 Å². The summed E-state index contributed by atoms with van der Waals surface area (Å²) in [6.07, 6.45) is 0. The summed E-state index contributed by atoms with van der Waals surface area (Å²) < 4.78 is 0. The predicted octanol–water partition coefficient (Wildman–Crippen LogP) is 2.03. The lowest BCUT2D eigenvalue weighted by atomic mass is 9.97. The van der Waals surface area contributed by atoms with Crippen LogP contribution in [0.4, 0.5) is 17.3 Å². The van der Waals surface area contributed by atoms with E-state index in [0.717, 1.165) is 0 Å². The van der Waals surface area contributed by atoms with E-state index in [1.54, 1.807) is 0 Å². The van der Waals surface area contributed by atoms with Crippen LogP contribution in [-0.4, -0.2) is 16.5 Å². The van der Waals surface area contributed by atoms with Gasteiger partial charge in [-0.3, -0.25) is 10.1 Å². The lowest BCUT2D eigenvalue weighted by molar-refractivity contribution is -0.384. The van der Waals surface area contributed by atoms with E-state index in [-0.39, 0.29) is 16.9 Å². The molecule has 0 amide bonds. The number of hydrogen-bond donors (Lipinski definition) is 2. The molecule has 88 valence electrons. The third kappa shape index (κ3) is 3.72. The molecule has 0 aliphatic heterocycles. The van der Waals surface area contributed by atoms with Gasteiger partial charge in [-0.2, -0.15) is 0 Å². The number of nitrogen functional groups attached to an aromatic ring is 1. The predicted molar refractivity (Wildman–Crippen MR) is 63.2 cm³/mol. The highest BCUT2D eigenvalue weighted by atomic mass is 16.6. The summed E-state index contributed by atoms with van der Waals surface area (Å²) in [4.78, 5) is 14.1. The molecule has 0 atom stereocenters. The van der Waals surface area contributed by atoms with Gasteiger partial charge < -0.3 is 11.1 Å². The van der Waals surface area contributed by atoms with Gasteiger partial charge in [-0.05, 0) is 5.41 Å². The van der Waals surface area contributed by atoms with Crippen molar-refractivity contribution in [3.05, 3.63) is 22.2 Å². The van der Waals surface area contributed by atoms with Gasteiger partial charge >= 0.3 is 0 Å². The highest BCUT2D eigenvalue weighted by molar-refractivity contribution is 5.52. The molecule has 6 nitrogen and oxygen atoms in total. The van der Waals surface area contributed by atoms with Gasteiger partial charge in [-0.15, -0.1) is 0 Å². The maximum absolute atomic E-state index is 10.6. The monoisotopic (exact) mass is 224 g/mol. The fraction of sp³-hybridized carbons (Fsp3) is 0.500. The molecule has 1 heterocycles. The van der Waals surface area contributed by atoms with E-state index in [9.17, 15) is 10.1 Å². The summed E-state index contributed by atoms with van der Waals surface area (Å²) in [6.45, 7) is 6.84. The van der Waals surface area contributed by atoms with E-state index in [0.29, 0.717) is 12.4 Å². The van der Waals surface area contributed by atoms with Gasteiger partial charge in [0.25, 0.3) is 5.69 Å². The van der Waals surface area contributed by atoms with Crippen molar-refractivity contribution in [2.45, 2.75) is 20.8 Å². The molecule has 16 heavy (non-hydrogen) atoms. The molecule has 1 rings (SSSR count). The second-order valence-electron chi connectivity index (χ2n) is 4.81. The summed E-state index contributed by atoms with van der Waals surface area (Å²) in [5.41, 5.74) is 5.50. The number of pyridine rings is 1. The molecule has 0 saturated carbocycles. The lowest BCUT2D eigenvalue weighted by Gasteiger charge is -2.19. The van der Waals surface area contributed by atoms with Crippen molar-refractivity contribution in [2.75, 3.05) is 17.6 Å². The first-order valence-electron chi connectivity index (χ1n) is 4.94. The zero-order valence-electron chi connectivity index (χ0n) is 9.65. The van der Waals surface area contributed by atoms with Crippen LogP contribution in [0.15, 0.2) is 12.1 Å². The van der Waals surface area contributed by atoms with Crippen LogP contribution in [-0.2, 0) is 0 Å². The first-order valence-corrected chi connectivity index (χ1v) is 4.94. The van der Waals surface area contributed by atoms with Crippen LogP contribution in [0.5, 0.6) is 0 Å². The van der Waals surface area contributed by atoms with E-state index < -0.39 is 4.92 Å². The molecule has 0 fully saturated rings. The molecule has 0 aliphatic rings. The summed E-state index contributed by atoms with van der Waals surface area (Å²) in [5.74, 6) is 0.576. The molecular formula is C10H16N4O2. The van der Waals surface area contributed by atoms with E-state index in [2.05, 4.69) is 31.1 Å². The van der Waals surface area contributed by atoms with Crippen LogP contribution in [0.1, 0.15) is 20.8 Å². The number of aromatic nitrogens is 1. The van der Waals surface area contributed by atoms with Gasteiger partial charge in [-0.25, -0.2) is 4.98 Å². The quantitative estimate of drug-likeness (QED) is 0.605. The zero-order chi connectivity index (χ0) is 12.3. The Bertz CT molecular complexity index is 398. The van der Waals surface area contributed by atoms with E-state index in [1.807, 2.05) is 0 Å². The standard InChI is InChI=1S/C10H16N4O2/c1-10(2,3)6-12-9-5-7(14(15)16)4-8(11)13-9/h4-5H,6H2,1-3H3,(H3,11,12,13). The van der Waals surface area contributed by atoms with Gasteiger partial charge in [0.15, 0.2) is 0 Å². The Hall–Kier alpha value is -1.85. The first kappa shape index (κ1) is 12.2. The molecule has 0 aromatic carbocycles. The third-order valence-electron chi connectivity index (χ3n) is 1.84. The number of nitro groups is 1. The Labute approximate surface area is 94.0 Å². The second-order valence-corrected chi connectivity index (χ2v) is 4.81. The minimum absolute atomic E-state index is 0.0519. The van der Waals surface area contributed by atoms with E-state index in [1.165, 1.54) is 12.1 Å². The van der Waals surface area contributed by atoms with Crippen LogP contribution < -0.4 is 11.1 Å². The normalized spacial score (nSPS) is 11.2. The largest absolute Gasteiger partial charge is 0.383 e. The highest BCUT2D eigenvalue weighted by Crippen LogP contribution is 2.20. The Morgan fingerprint density at radius 3 is 2.62 bits per heavy atom. The zero-order valence-corrected chi connectivity index (χ0v) is 9.65.